The number of halogens is 2. The Hall–Kier alpha value is -2.29. The molecule has 0 heterocycles. The molecular weight excluding hydrogens is 497 g/mol. The van der Waals surface area contributed by atoms with Gasteiger partial charge in [0.25, 0.3) is 0 Å². The van der Waals surface area contributed by atoms with E-state index in [0.717, 1.165) is 16.1 Å². The van der Waals surface area contributed by atoms with E-state index in [4.69, 9.17) is 23.2 Å². The molecule has 0 aliphatic rings. The minimum absolute atomic E-state index is 0.154. The summed E-state index contributed by atoms with van der Waals surface area (Å²) in [5.74, 6) is -0.554. The lowest BCUT2D eigenvalue weighted by molar-refractivity contribution is -0.140. The summed E-state index contributed by atoms with van der Waals surface area (Å²) in [6.45, 7) is 5.90. The third kappa shape index (κ3) is 8.18. The maximum absolute atomic E-state index is 13.6. The van der Waals surface area contributed by atoms with Crippen LogP contribution in [0.4, 0.5) is 5.69 Å². The lowest BCUT2D eigenvalue weighted by atomic mass is 10.1. The molecule has 0 saturated carbocycles. The van der Waals surface area contributed by atoms with Gasteiger partial charge in [-0.15, -0.1) is 0 Å². The van der Waals surface area contributed by atoms with Crippen molar-refractivity contribution >= 4 is 50.7 Å². The SMILES string of the molecule is CCC(C(=O)NCC(C)C)N(Cc1ccccc1)C(=O)CN(c1cc(Cl)cc(Cl)c1)S(C)(=O)=O. The number of hydrogen-bond acceptors (Lipinski definition) is 4. The van der Waals surface area contributed by atoms with E-state index in [2.05, 4.69) is 5.32 Å². The van der Waals surface area contributed by atoms with Gasteiger partial charge in [-0.05, 0) is 36.1 Å². The standard InChI is InChI=1S/C24H31Cl2N3O4S/c1-5-22(24(31)27-14-17(2)3)28(15-18-9-7-6-8-10-18)23(30)16-29(34(4,32)33)21-12-19(25)11-20(26)13-21/h6-13,17,22H,5,14-16H2,1-4H3,(H,27,31). The molecule has 2 amide bonds. The van der Waals surface area contributed by atoms with Crippen LogP contribution in [0.25, 0.3) is 0 Å². The molecule has 1 N–H and O–H groups in total. The number of rotatable bonds is 11. The number of sulfonamides is 1. The number of amides is 2. The van der Waals surface area contributed by atoms with Crippen molar-refractivity contribution in [2.75, 3.05) is 23.7 Å². The Balaban J connectivity index is 2.42. The molecule has 1 unspecified atom stereocenters. The molecule has 10 heteroatoms. The number of carbonyl (C=O) groups excluding carboxylic acids is 2. The van der Waals surface area contributed by atoms with E-state index in [0.29, 0.717) is 13.0 Å². The first kappa shape index (κ1) is 28.0. The third-order valence-electron chi connectivity index (χ3n) is 5.08. The summed E-state index contributed by atoms with van der Waals surface area (Å²) < 4.78 is 26.2. The summed E-state index contributed by atoms with van der Waals surface area (Å²) in [4.78, 5) is 28.0. The van der Waals surface area contributed by atoms with Crippen molar-refractivity contribution in [3.05, 3.63) is 64.1 Å². The fraction of sp³-hybridized carbons (Fsp3) is 0.417. The Bertz CT molecular complexity index is 1070. The van der Waals surface area contributed by atoms with Crippen molar-refractivity contribution in [1.82, 2.24) is 10.2 Å². The Morgan fingerprint density at radius 1 is 1.03 bits per heavy atom. The average molecular weight is 529 g/mol. The monoisotopic (exact) mass is 527 g/mol. The van der Waals surface area contributed by atoms with E-state index < -0.39 is 28.5 Å². The zero-order valence-electron chi connectivity index (χ0n) is 19.8. The van der Waals surface area contributed by atoms with E-state index >= 15 is 0 Å². The summed E-state index contributed by atoms with van der Waals surface area (Å²) in [5, 5.41) is 3.36. The van der Waals surface area contributed by atoms with Crippen LogP contribution >= 0.6 is 23.2 Å². The second-order valence-electron chi connectivity index (χ2n) is 8.47. The fourth-order valence-electron chi connectivity index (χ4n) is 3.42. The lowest BCUT2D eigenvalue weighted by Gasteiger charge is -2.33. The van der Waals surface area contributed by atoms with E-state index in [-0.39, 0.29) is 34.1 Å². The Morgan fingerprint density at radius 3 is 2.12 bits per heavy atom. The smallest absolute Gasteiger partial charge is 0.244 e. The Kier molecular flexibility index (Phi) is 10.2. The molecule has 0 aromatic heterocycles. The number of nitrogens with one attached hydrogen (secondary N) is 1. The average Bonchev–Trinajstić information content (AvgIpc) is 2.74. The van der Waals surface area contributed by atoms with Gasteiger partial charge < -0.3 is 10.2 Å². The summed E-state index contributed by atoms with van der Waals surface area (Å²) >= 11 is 12.1. The van der Waals surface area contributed by atoms with Crippen LogP contribution < -0.4 is 9.62 Å². The summed E-state index contributed by atoms with van der Waals surface area (Å²) in [7, 11) is -3.86. The first-order chi connectivity index (χ1) is 15.9. The van der Waals surface area contributed by atoms with Gasteiger partial charge in [-0.3, -0.25) is 13.9 Å². The van der Waals surface area contributed by atoms with Crippen molar-refractivity contribution in [2.24, 2.45) is 5.92 Å². The minimum atomic E-state index is -3.86. The van der Waals surface area contributed by atoms with Gasteiger partial charge in [0.05, 0.1) is 11.9 Å². The van der Waals surface area contributed by atoms with Crippen LogP contribution in [0.15, 0.2) is 48.5 Å². The maximum atomic E-state index is 13.6. The van der Waals surface area contributed by atoms with Crippen LogP contribution in [0, 0.1) is 5.92 Å². The molecule has 0 radical (unpaired) electrons. The van der Waals surface area contributed by atoms with Gasteiger partial charge in [0, 0.05) is 23.1 Å². The number of nitrogens with zero attached hydrogens (tertiary/aromatic N) is 2. The van der Waals surface area contributed by atoms with Gasteiger partial charge in [-0.25, -0.2) is 8.42 Å². The predicted octanol–water partition coefficient (Wildman–Crippen LogP) is 4.34. The van der Waals surface area contributed by atoms with Crippen LogP contribution in [-0.2, 0) is 26.2 Å². The van der Waals surface area contributed by atoms with Crippen LogP contribution in [-0.4, -0.2) is 50.5 Å². The molecule has 0 spiro atoms. The maximum Gasteiger partial charge on any atom is 0.244 e. The fourth-order valence-corrected chi connectivity index (χ4v) is 4.77. The van der Waals surface area contributed by atoms with Crippen LogP contribution in [0.3, 0.4) is 0 Å². The molecule has 186 valence electrons. The largest absolute Gasteiger partial charge is 0.354 e. The predicted molar refractivity (Wildman–Crippen MR) is 138 cm³/mol. The topological polar surface area (TPSA) is 86.8 Å². The third-order valence-corrected chi connectivity index (χ3v) is 6.66. The van der Waals surface area contributed by atoms with Gasteiger partial charge in [-0.1, -0.05) is 74.3 Å². The molecule has 0 aliphatic carbocycles. The summed E-state index contributed by atoms with van der Waals surface area (Å²) in [6.07, 6.45) is 1.37. The van der Waals surface area contributed by atoms with Crippen LogP contribution in [0.2, 0.25) is 10.0 Å². The first-order valence-corrected chi connectivity index (χ1v) is 13.6. The second-order valence-corrected chi connectivity index (χ2v) is 11.2. The van der Waals surface area contributed by atoms with E-state index in [1.807, 2.05) is 51.1 Å². The molecule has 7 nitrogen and oxygen atoms in total. The van der Waals surface area contributed by atoms with Crippen molar-refractivity contribution in [2.45, 2.75) is 39.8 Å². The Labute approximate surface area is 212 Å². The van der Waals surface area contributed by atoms with Gasteiger partial charge in [0.1, 0.15) is 12.6 Å². The lowest BCUT2D eigenvalue weighted by Crippen LogP contribution is -2.52. The molecule has 34 heavy (non-hydrogen) atoms. The number of hydrogen-bond donors (Lipinski definition) is 1. The quantitative estimate of drug-likeness (QED) is 0.470. The van der Waals surface area contributed by atoms with Crippen molar-refractivity contribution < 1.29 is 18.0 Å². The molecule has 0 fully saturated rings. The van der Waals surface area contributed by atoms with Crippen LogP contribution in [0.1, 0.15) is 32.8 Å². The van der Waals surface area contributed by atoms with E-state index in [9.17, 15) is 18.0 Å². The second kappa shape index (κ2) is 12.4. The first-order valence-electron chi connectivity index (χ1n) is 11.0. The molecule has 0 aliphatic heterocycles. The molecule has 0 bridgehead atoms. The van der Waals surface area contributed by atoms with Gasteiger partial charge in [-0.2, -0.15) is 0 Å². The van der Waals surface area contributed by atoms with Crippen molar-refractivity contribution in [1.29, 1.82) is 0 Å². The minimum Gasteiger partial charge on any atom is -0.354 e. The highest BCUT2D eigenvalue weighted by atomic mass is 35.5. The van der Waals surface area contributed by atoms with Gasteiger partial charge in [0.2, 0.25) is 21.8 Å². The molecule has 1 atom stereocenters. The number of anilines is 1. The normalized spacial score (nSPS) is 12.3. The molecule has 2 rings (SSSR count). The number of benzene rings is 2. The van der Waals surface area contributed by atoms with E-state index in [1.54, 1.807) is 0 Å². The van der Waals surface area contributed by atoms with E-state index in [1.165, 1.54) is 23.1 Å². The number of carbonyl (C=O) groups is 2. The molecule has 2 aromatic rings. The summed E-state index contributed by atoms with van der Waals surface area (Å²) in [6, 6.07) is 12.8. The molecule has 0 saturated heterocycles. The molecule has 2 aromatic carbocycles. The van der Waals surface area contributed by atoms with Gasteiger partial charge >= 0.3 is 0 Å². The highest BCUT2D eigenvalue weighted by Crippen LogP contribution is 2.27. The highest BCUT2D eigenvalue weighted by Gasteiger charge is 2.31. The zero-order chi connectivity index (χ0) is 25.5. The molecular formula is C24H31Cl2N3O4S. The zero-order valence-corrected chi connectivity index (χ0v) is 22.1. The Morgan fingerprint density at radius 2 is 1.62 bits per heavy atom. The highest BCUT2D eigenvalue weighted by molar-refractivity contribution is 7.92. The van der Waals surface area contributed by atoms with Crippen LogP contribution in [0.5, 0.6) is 0 Å². The van der Waals surface area contributed by atoms with Gasteiger partial charge in [0.15, 0.2) is 0 Å². The van der Waals surface area contributed by atoms with Crippen molar-refractivity contribution in [3.63, 3.8) is 0 Å². The van der Waals surface area contributed by atoms with Crippen molar-refractivity contribution in [3.8, 4) is 0 Å². The summed E-state index contributed by atoms with van der Waals surface area (Å²) in [5.41, 5.74) is 0.994.